The van der Waals surface area contributed by atoms with Crippen molar-refractivity contribution in [3.05, 3.63) is 57.5 Å². The van der Waals surface area contributed by atoms with E-state index in [1.165, 1.54) is 12.1 Å². The maximum atomic E-state index is 12.3. The van der Waals surface area contributed by atoms with Crippen LogP contribution >= 0.6 is 34.8 Å². The van der Waals surface area contributed by atoms with Crippen molar-refractivity contribution >= 4 is 46.4 Å². The van der Waals surface area contributed by atoms with Gasteiger partial charge < -0.3 is 10.1 Å². The highest BCUT2D eigenvalue weighted by molar-refractivity contribution is 6.44. The number of anilines is 1. The molecule has 2 aromatic rings. The zero-order valence-electron chi connectivity index (χ0n) is 11.8. The van der Waals surface area contributed by atoms with Gasteiger partial charge in [-0.1, -0.05) is 59.9 Å². The van der Waals surface area contributed by atoms with Crippen LogP contribution in [0.3, 0.4) is 0 Å². The lowest BCUT2D eigenvalue weighted by atomic mass is 10.2. The average molecular weight is 359 g/mol. The smallest absolute Gasteiger partial charge is 0.265 e. The molecule has 6 heteroatoms. The molecular weight excluding hydrogens is 345 g/mol. The molecule has 116 valence electrons. The number of para-hydroxylation sites is 1. The number of hydrogen-bond acceptors (Lipinski definition) is 2. The Bertz CT molecular complexity index is 662. The molecule has 0 radical (unpaired) electrons. The number of amides is 1. The molecule has 1 N–H and O–H groups in total. The summed E-state index contributed by atoms with van der Waals surface area (Å²) in [6.07, 6.45) is -0.118. The number of hydrogen-bond donors (Lipinski definition) is 1. The predicted molar refractivity (Wildman–Crippen MR) is 91.3 cm³/mol. The fourth-order valence-electron chi connectivity index (χ4n) is 1.82. The molecular formula is C16H14Cl3NO2. The van der Waals surface area contributed by atoms with Gasteiger partial charge in [-0.25, -0.2) is 0 Å². The molecule has 0 saturated heterocycles. The van der Waals surface area contributed by atoms with Gasteiger partial charge in [-0.2, -0.15) is 0 Å². The Labute approximate surface area is 144 Å². The van der Waals surface area contributed by atoms with Crippen LogP contribution in [0.4, 0.5) is 5.69 Å². The summed E-state index contributed by atoms with van der Waals surface area (Å²) >= 11 is 17.9. The van der Waals surface area contributed by atoms with E-state index in [1.54, 1.807) is 12.1 Å². The maximum Gasteiger partial charge on any atom is 0.265 e. The standard InChI is InChI=1S/C16H14Cl3NO2/c1-2-15(22-10-6-4-3-5-7-10)16(21)20-14-9-12(18)11(17)8-13(14)19/h3-9,15H,2H2,1H3,(H,20,21)/t15-/m0/s1. The second-order valence-corrected chi connectivity index (χ2v) is 5.78. The third kappa shape index (κ3) is 4.29. The second kappa shape index (κ2) is 7.73. The van der Waals surface area contributed by atoms with E-state index >= 15 is 0 Å². The van der Waals surface area contributed by atoms with Crippen LogP contribution in [0.25, 0.3) is 0 Å². The van der Waals surface area contributed by atoms with E-state index in [1.807, 2.05) is 25.1 Å². The van der Waals surface area contributed by atoms with Gasteiger partial charge >= 0.3 is 0 Å². The van der Waals surface area contributed by atoms with E-state index in [0.717, 1.165) is 0 Å². The lowest BCUT2D eigenvalue weighted by molar-refractivity contribution is -0.122. The summed E-state index contributed by atoms with van der Waals surface area (Å²) in [4.78, 5) is 12.3. The SMILES string of the molecule is CC[C@H](Oc1ccccc1)C(=O)Nc1cc(Cl)c(Cl)cc1Cl. The van der Waals surface area contributed by atoms with E-state index in [9.17, 15) is 4.79 Å². The Kier molecular flexibility index (Phi) is 5.95. The highest BCUT2D eigenvalue weighted by Crippen LogP contribution is 2.32. The van der Waals surface area contributed by atoms with E-state index < -0.39 is 6.10 Å². The first-order valence-corrected chi connectivity index (χ1v) is 7.81. The molecule has 0 aromatic heterocycles. The number of halogens is 3. The minimum absolute atomic E-state index is 0.299. The fourth-order valence-corrected chi connectivity index (χ4v) is 2.41. The molecule has 1 atom stereocenters. The quantitative estimate of drug-likeness (QED) is 0.722. The molecule has 0 saturated carbocycles. The summed E-state index contributed by atoms with van der Waals surface area (Å²) in [6, 6.07) is 12.2. The van der Waals surface area contributed by atoms with Gasteiger partial charge in [0.25, 0.3) is 5.91 Å². The Morgan fingerprint density at radius 2 is 1.73 bits per heavy atom. The number of carbonyl (C=O) groups excluding carboxylic acids is 1. The Morgan fingerprint density at radius 3 is 2.36 bits per heavy atom. The van der Waals surface area contributed by atoms with Gasteiger partial charge in [-0.15, -0.1) is 0 Å². The van der Waals surface area contributed by atoms with E-state index in [2.05, 4.69) is 5.32 Å². The van der Waals surface area contributed by atoms with Crippen LogP contribution in [0.15, 0.2) is 42.5 Å². The van der Waals surface area contributed by atoms with Gasteiger partial charge in [-0.05, 0) is 30.7 Å². The Balaban J connectivity index is 2.11. The molecule has 0 heterocycles. The Morgan fingerprint density at radius 1 is 1.09 bits per heavy atom. The molecule has 0 spiro atoms. The number of ether oxygens (including phenoxy) is 1. The predicted octanol–water partition coefficient (Wildman–Crippen LogP) is 5.44. The van der Waals surface area contributed by atoms with Gasteiger partial charge in [-0.3, -0.25) is 4.79 Å². The number of carbonyl (C=O) groups is 1. The summed E-state index contributed by atoms with van der Waals surface area (Å²) in [5.41, 5.74) is 0.399. The molecule has 3 nitrogen and oxygen atoms in total. The molecule has 0 unspecified atom stereocenters. The molecule has 1 amide bonds. The zero-order chi connectivity index (χ0) is 16.1. The van der Waals surface area contributed by atoms with Crippen molar-refractivity contribution in [3.8, 4) is 5.75 Å². The minimum Gasteiger partial charge on any atom is -0.481 e. The third-order valence-corrected chi connectivity index (χ3v) is 3.99. The zero-order valence-corrected chi connectivity index (χ0v) is 14.0. The third-order valence-electron chi connectivity index (χ3n) is 2.95. The number of rotatable bonds is 5. The van der Waals surface area contributed by atoms with Crippen molar-refractivity contribution in [3.63, 3.8) is 0 Å². The van der Waals surface area contributed by atoms with Gasteiger partial charge in [0.05, 0.1) is 20.8 Å². The largest absolute Gasteiger partial charge is 0.481 e. The van der Waals surface area contributed by atoms with Crippen molar-refractivity contribution in [1.29, 1.82) is 0 Å². The summed E-state index contributed by atoms with van der Waals surface area (Å²) in [7, 11) is 0. The summed E-state index contributed by atoms with van der Waals surface area (Å²) in [5, 5.41) is 3.68. The van der Waals surface area contributed by atoms with Gasteiger partial charge in [0.15, 0.2) is 6.10 Å². The Hall–Kier alpha value is -1.42. The monoisotopic (exact) mass is 357 g/mol. The van der Waals surface area contributed by atoms with Crippen molar-refractivity contribution in [1.82, 2.24) is 0 Å². The van der Waals surface area contributed by atoms with Crippen LogP contribution in [0.2, 0.25) is 15.1 Å². The molecule has 0 aliphatic carbocycles. The van der Waals surface area contributed by atoms with Crippen LogP contribution in [-0.4, -0.2) is 12.0 Å². The molecule has 22 heavy (non-hydrogen) atoms. The lowest BCUT2D eigenvalue weighted by Crippen LogP contribution is -2.32. The molecule has 0 bridgehead atoms. The molecule has 0 fully saturated rings. The van der Waals surface area contributed by atoms with E-state index in [4.69, 9.17) is 39.5 Å². The first-order chi connectivity index (χ1) is 10.5. The maximum absolute atomic E-state index is 12.3. The number of nitrogens with one attached hydrogen (secondary N) is 1. The van der Waals surface area contributed by atoms with Crippen LogP contribution in [0.1, 0.15) is 13.3 Å². The first kappa shape index (κ1) is 16.9. The second-order valence-electron chi connectivity index (χ2n) is 4.56. The minimum atomic E-state index is -0.632. The normalized spacial score (nSPS) is 11.8. The molecule has 2 aromatic carbocycles. The van der Waals surface area contributed by atoms with Gasteiger partial charge in [0, 0.05) is 0 Å². The van der Waals surface area contributed by atoms with Crippen molar-refractivity contribution in [2.45, 2.75) is 19.4 Å². The van der Waals surface area contributed by atoms with Gasteiger partial charge in [0.1, 0.15) is 5.75 Å². The van der Waals surface area contributed by atoms with Crippen molar-refractivity contribution in [2.75, 3.05) is 5.32 Å². The van der Waals surface area contributed by atoms with Crippen molar-refractivity contribution < 1.29 is 9.53 Å². The van der Waals surface area contributed by atoms with Crippen LogP contribution in [0.5, 0.6) is 5.75 Å². The topological polar surface area (TPSA) is 38.3 Å². The molecule has 2 rings (SSSR count). The van der Waals surface area contributed by atoms with E-state index in [0.29, 0.717) is 32.9 Å². The van der Waals surface area contributed by atoms with Crippen LogP contribution in [0, 0.1) is 0 Å². The van der Waals surface area contributed by atoms with Crippen LogP contribution < -0.4 is 10.1 Å². The van der Waals surface area contributed by atoms with Gasteiger partial charge in [0.2, 0.25) is 0 Å². The summed E-state index contributed by atoms with van der Waals surface area (Å²) in [5.74, 6) is 0.330. The summed E-state index contributed by atoms with van der Waals surface area (Å²) < 4.78 is 5.68. The highest BCUT2D eigenvalue weighted by Gasteiger charge is 2.20. The molecule has 0 aliphatic rings. The highest BCUT2D eigenvalue weighted by atomic mass is 35.5. The lowest BCUT2D eigenvalue weighted by Gasteiger charge is -2.18. The van der Waals surface area contributed by atoms with Crippen molar-refractivity contribution in [2.24, 2.45) is 0 Å². The van der Waals surface area contributed by atoms with E-state index in [-0.39, 0.29) is 5.91 Å². The number of benzene rings is 2. The fraction of sp³-hybridized carbons (Fsp3) is 0.188. The molecule has 0 aliphatic heterocycles. The summed E-state index contributed by atoms with van der Waals surface area (Å²) in [6.45, 7) is 1.86. The van der Waals surface area contributed by atoms with Crippen LogP contribution in [-0.2, 0) is 4.79 Å². The average Bonchev–Trinajstić information content (AvgIpc) is 2.51. The first-order valence-electron chi connectivity index (χ1n) is 6.68.